The van der Waals surface area contributed by atoms with Crippen molar-refractivity contribution in [3.63, 3.8) is 0 Å². The van der Waals surface area contributed by atoms with Gasteiger partial charge < -0.3 is 9.84 Å². The number of nitrogens with zero attached hydrogens (tertiary/aromatic N) is 3. The topological polar surface area (TPSA) is 82.4 Å². The smallest absolute Gasteiger partial charge is 0.281 e. The van der Waals surface area contributed by atoms with Crippen LogP contribution in [0.4, 0.5) is 0 Å². The first-order chi connectivity index (χ1) is 14.0. The van der Waals surface area contributed by atoms with E-state index >= 15 is 0 Å². The molecule has 1 N–H and O–H groups in total. The summed E-state index contributed by atoms with van der Waals surface area (Å²) in [5.41, 5.74) is 2.31. The molecule has 7 nitrogen and oxygen atoms in total. The van der Waals surface area contributed by atoms with E-state index in [0.717, 1.165) is 10.6 Å². The Bertz CT molecular complexity index is 949. The number of carbonyl (C=O) groups excluding carboxylic acids is 2. The molecule has 1 saturated heterocycles. The minimum atomic E-state index is -0.629. The van der Waals surface area contributed by atoms with Crippen LogP contribution >= 0.6 is 0 Å². The first kappa shape index (κ1) is 19.3. The fourth-order valence-electron chi connectivity index (χ4n) is 3.59. The Labute approximate surface area is 169 Å². The zero-order chi connectivity index (χ0) is 20.4. The number of aromatic hydroxyl groups is 1. The van der Waals surface area contributed by atoms with Crippen LogP contribution in [-0.2, 0) is 9.53 Å². The van der Waals surface area contributed by atoms with Gasteiger partial charge in [0.25, 0.3) is 11.8 Å². The molecule has 0 bridgehead atoms. The third-order valence-electron chi connectivity index (χ3n) is 5.26. The van der Waals surface area contributed by atoms with Crippen molar-refractivity contribution in [2.75, 3.05) is 32.8 Å². The summed E-state index contributed by atoms with van der Waals surface area (Å²) in [6.45, 7) is 4.99. The lowest BCUT2D eigenvalue weighted by Gasteiger charge is -2.28. The van der Waals surface area contributed by atoms with Gasteiger partial charge in [0, 0.05) is 30.8 Å². The van der Waals surface area contributed by atoms with Crippen molar-refractivity contribution < 1.29 is 19.4 Å². The van der Waals surface area contributed by atoms with E-state index in [1.54, 1.807) is 36.4 Å². The fraction of sp³-hybridized carbons (Fsp3) is 0.318. The molecule has 2 aliphatic heterocycles. The van der Waals surface area contributed by atoms with Crippen LogP contribution in [0.15, 0.2) is 53.6 Å². The van der Waals surface area contributed by atoms with E-state index < -0.39 is 11.8 Å². The minimum Gasteiger partial charge on any atom is -0.507 e. The molecule has 150 valence electrons. The number of benzene rings is 2. The number of imide groups is 1. The highest BCUT2D eigenvalue weighted by Crippen LogP contribution is 2.28. The molecule has 0 aliphatic carbocycles. The molecule has 0 spiro atoms. The Morgan fingerprint density at radius 3 is 2.52 bits per heavy atom. The SMILES string of the molecule is Cc1ccc(C(=O)N2N=C(c3ccccc3O)[C@H](CN3CCOCC3)C2=O)cc1. The number of hydrogen-bond donors (Lipinski definition) is 1. The van der Waals surface area contributed by atoms with Gasteiger partial charge in [0.1, 0.15) is 5.75 Å². The number of phenols is 1. The number of ether oxygens (including phenoxy) is 1. The molecule has 2 heterocycles. The van der Waals surface area contributed by atoms with Crippen molar-refractivity contribution in [3.05, 3.63) is 65.2 Å². The van der Waals surface area contributed by atoms with Gasteiger partial charge in [0.15, 0.2) is 0 Å². The van der Waals surface area contributed by atoms with Gasteiger partial charge in [-0.1, -0.05) is 29.8 Å². The normalized spacial score (nSPS) is 20.0. The predicted octanol–water partition coefficient (Wildman–Crippen LogP) is 2.04. The van der Waals surface area contributed by atoms with Crippen LogP contribution in [0.2, 0.25) is 0 Å². The van der Waals surface area contributed by atoms with Crippen molar-refractivity contribution in [2.45, 2.75) is 6.92 Å². The van der Waals surface area contributed by atoms with Gasteiger partial charge in [-0.15, -0.1) is 0 Å². The lowest BCUT2D eigenvalue weighted by atomic mass is 9.95. The summed E-state index contributed by atoms with van der Waals surface area (Å²) in [5.74, 6) is -1.43. The monoisotopic (exact) mass is 393 g/mol. The van der Waals surface area contributed by atoms with Crippen LogP contribution in [0.5, 0.6) is 5.75 Å². The maximum absolute atomic E-state index is 13.2. The van der Waals surface area contributed by atoms with Gasteiger partial charge in [0.2, 0.25) is 0 Å². The van der Waals surface area contributed by atoms with Crippen LogP contribution < -0.4 is 0 Å². The van der Waals surface area contributed by atoms with E-state index in [0.29, 0.717) is 49.7 Å². The predicted molar refractivity (Wildman–Crippen MR) is 108 cm³/mol. The Morgan fingerprint density at radius 1 is 1.14 bits per heavy atom. The zero-order valence-electron chi connectivity index (χ0n) is 16.2. The van der Waals surface area contributed by atoms with E-state index in [1.165, 1.54) is 0 Å². The first-order valence-electron chi connectivity index (χ1n) is 9.66. The first-order valence-corrected chi connectivity index (χ1v) is 9.66. The second kappa shape index (κ2) is 8.14. The quantitative estimate of drug-likeness (QED) is 0.804. The molecule has 2 aliphatic rings. The number of amides is 2. The highest BCUT2D eigenvalue weighted by molar-refractivity contribution is 6.22. The van der Waals surface area contributed by atoms with Crippen LogP contribution in [0.1, 0.15) is 21.5 Å². The van der Waals surface area contributed by atoms with Gasteiger partial charge in [-0.05, 0) is 31.2 Å². The molecule has 1 fully saturated rings. The molecular weight excluding hydrogens is 370 g/mol. The van der Waals surface area contributed by atoms with Crippen LogP contribution in [-0.4, -0.2) is 65.4 Å². The van der Waals surface area contributed by atoms with E-state index in [9.17, 15) is 14.7 Å². The number of aryl methyl sites for hydroxylation is 1. The minimum absolute atomic E-state index is 0.0377. The molecule has 2 aromatic rings. The largest absolute Gasteiger partial charge is 0.507 e. The Balaban J connectivity index is 1.67. The molecular formula is C22H23N3O4. The molecule has 0 radical (unpaired) electrons. The summed E-state index contributed by atoms with van der Waals surface area (Å²) in [6.07, 6.45) is 0. The van der Waals surface area contributed by atoms with E-state index in [-0.39, 0.29) is 11.7 Å². The average molecular weight is 393 g/mol. The third kappa shape index (κ3) is 3.92. The van der Waals surface area contributed by atoms with E-state index in [4.69, 9.17) is 4.74 Å². The van der Waals surface area contributed by atoms with Crippen molar-refractivity contribution in [2.24, 2.45) is 11.0 Å². The molecule has 0 unspecified atom stereocenters. The van der Waals surface area contributed by atoms with Gasteiger partial charge in [-0.3, -0.25) is 14.5 Å². The van der Waals surface area contributed by atoms with E-state index in [1.807, 2.05) is 19.1 Å². The number of morpholine rings is 1. The number of para-hydroxylation sites is 1. The summed E-state index contributed by atoms with van der Waals surface area (Å²) < 4.78 is 5.39. The maximum Gasteiger partial charge on any atom is 0.281 e. The maximum atomic E-state index is 13.2. The zero-order valence-corrected chi connectivity index (χ0v) is 16.2. The lowest BCUT2D eigenvalue weighted by molar-refractivity contribution is -0.130. The van der Waals surface area contributed by atoms with Crippen LogP contribution in [0.3, 0.4) is 0 Å². The summed E-state index contributed by atoms with van der Waals surface area (Å²) in [6, 6.07) is 13.8. The molecule has 4 rings (SSSR count). The second-order valence-electron chi connectivity index (χ2n) is 7.29. The number of rotatable bonds is 4. The number of phenolic OH excluding ortho intramolecular Hbond substituents is 1. The highest BCUT2D eigenvalue weighted by atomic mass is 16.5. The van der Waals surface area contributed by atoms with Crippen molar-refractivity contribution in [1.82, 2.24) is 9.91 Å². The molecule has 1 atom stereocenters. The Kier molecular flexibility index (Phi) is 5.42. The number of carbonyl (C=O) groups is 2. The molecule has 0 saturated carbocycles. The summed E-state index contributed by atoms with van der Waals surface area (Å²) >= 11 is 0. The third-order valence-corrected chi connectivity index (χ3v) is 5.26. The summed E-state index contributed by atoms with van der Waals surface area (Å²) in [4.78, 5) is 28.3. The van der Waals surface area contributed by atoms with Crippen LogP contribution in [0, 0.1) is 12.8 Å². The van der Waals surface area contributed by atoms with Crippen molar-refractivity contribution in [3.8, 4) is 5.75 Å². The van der Waals surface area contributed by atoms with Gasteiger partial charge >= 0.3 is 0 Å². The second-order valence-corrected chi connectivity index (χ2v) is 7.29. The highest BCUT2D eigenvalue weighted by Gasteiger charge is 2.41. The summed E-state index contributed by atoms with van der Waals surface area (Å²) in [7, 11) is 0. The van der Waals surface area contributed by atoms with Gasteiger partial charge in [-0.25, -0.2) is 0 Å². The Hall–Kier alpha value is -3.03. The van der Waals surface area contributed by atoms with Gasteiger partial charge in [0.05, 0.1) is 24.8 Å². The Morgan fingerprint density at radius 2 is 1.83 bits per heavy atom. The number of hydrogen-bond acceptors (Lipinski definition) is 6. The lowest BCUT2D eigenvalue weighted by Crippen LogP contribution is -2.44. The van der Waals surface area contributed by atoms with Crippen molar-refractivity contribution in [1.29, 1.82) is 0 Å². The van der Waals surface area contributed by atoms with Gasteiger partial charge in [-0.2, -0.15) is 10.1 Å². The van der Waals surface area contributed by atoms with E-state index in [2.05, 4.69) is 10.0 Å². The molecule has 29 heavy (non-hydrogen) atoms. The summed E-state index contributed by atoms with van der Waals surface area (Å²) in [5, 5.41) is 15.6. The molecule has 0 aromatic heterocycles. The standard InChI is InChI=1S/C22H23N3O4/c1-15-6-8-16(9-7-15)21(27)25-22(28)18(14-24-10-12-29-13-11-24)20(23-25)17-4-2-3-5-19(17)26/h2-9,18,26H,10-14H2,1H3/t18-/m0/s1. The molecule has 2 amide bonds. The average Bonchev–Trinajstić information content (AvgIpc) is 3.05. The van der Waals surface area contributed by atoms with Crippen molar-refractivity contribution >= 4 is 17.5 Å². The van der Waals surface area contributed by atoms with Crippen LogP contribution in [0.25, 0.3) is 0 Å². The molecule has 7 heteroatoms. The molecule has 2 aromatic carbocycles. The number of hydrazone groups is 1. The fourth-order valence-corrected chi connectivity index (χ4v) is 3.59.